The molecule has 1 aromatic carbocycles. The van der Waals surface area contributed by atoms with Gasteiger partial charge in [-0.15, -0.1) is 0 Å². The van der Waals surface area contributed by atoms with Crippen molar-refractivity contribution in [2.75, 3.05) is 6.61 Å². The fourth-order valence-electron chi connectivity index (χ4n) is 1.90. The quantitative estimate of drug-likeness (QED) is 0.822. The van der Waals surface area contributed by atoms with E-state index in [0.717, 1.165) is 11.1 Å². The molecule has 0 saturated heterocycles. The van der Waals surface area contributed by atoms with Gasteiger partial charge in [0.25, 0.3) is 5.91 Å². The number of rotatable bonds is 6. The van der Waals surface area contributed by atoms with Crippen LogP contribution in [0.25, 0.3) is 0 Å². The van der Waals surface area contributed by atoms with Gasteiger partial charge < -0.3 is 10.1 Å². The zero-order valence-corrected chi connectivity index (χ0v) is 13.6. The zero-order valence-electron chi connectivity index (χ0n) is 12.0. The number of nitrogens with one attached hydrogen (secondary N) is 1. The van der Waals surface area contributed by atoms with Crippen molar-refractivity contribution in [3.63, 3.8) is 0 Å². The standard InChI is InChI=1S/C16H16ClNO3S/c1-11(13-3-2-4-14(17)8-13)18-15(19)9-21-16(20)7-12-5-6-22-10-12/h2-6,8,10-11H,7,9H2,1H3,(H,18,19)/t11-/m0/s1. The second-order valence-corrected chi connectivity index (χ2v) is 6.03. The van der Waals surface area contributed by atoms with Crippen LogP contribution in [0.15, 0.2) is 41.1 Å². The third-order valence-electron chi connectivity index (χ3n) is 3.02. The van der Waals surface area contributed by atoms with Gasteiger partial charge in [0.15, 0.2) is 6.61 Å². The first-order valence-corrected chi connectivity index (χ1v) is 8.08. The Morgan fingerprint density at radius 1 is 1.36 bits per heavy atom. The number of amides is 1. The third kappa shape index (κ3) is 5.16. The molecule has 1 amide bonds. The maximum Gasteiger partial charge on any atom is 0.310 e. The van der Waals surface area contributed by atoms with Crippen LogP contribution in [0.3, 0.4) is 0 Å². The summed E-state index contributed by atoms with van der Waals surface area (Å²) in [4.78, 5) is 23.4. The Hall–Kier alpha value is -1.85. The molecule has 0 bridgehead atoms. The lowest BCUT2D eigenvalue weighted by Gasteiger charge is -2.14. The lowest BCUT2D eigenvalue weighted by molar-refractivity contribution is -0.148. The number of carbonyl (C=O) groups is 2. The monoisotopic (exact) mass is 337 g/mol. The summed E-state index contributed by atoms with van der Waals surface area (Å²) in [5.41, 5.74) is 1.79. The molecule has 0 radical (unpaired) electrons. The molecule has 0 unspecified atom stereocenters. The lowest BCUT2D eigenvalue weighted by atomic mass is 10.1. The van der Waals surface area contributed by atoms with Crippen molar-refractivity contribution in [2.45, 2.75) is 19.4 Å². The van der Waals surface area contributed by atoms with E-state index in [1.165, 1.54) is 11.3 Å². The van der Waals surface area contributed by atoms with Gasteiger partial charge in [-0.2, -0.15) is 11.3 Å². The predicted octanol–water partition coefficient (Wildman–Crippen LogP) is 3.36. The number of esters is 1. The highest BCUT2D eigenvalue weighted by Gasteiger charge is 2.12. The second kappa shape index (κ2) is 7.96. The number of benzene rings is 1. The molecule has 2 rings (SSSR count). The third-order valence-corrected chi connectivity index (χ3v) is 3.99. The summed E-state index contributed by atoms with van der Waals surface area (Å²) in [7, 11) is 0. The lowest BCUT2D eigenvalue weighted by Crippen LogP contribution is -2.31. The first kappa shape index (κ1) is 16.5. The Balaban J connectivity index is 1.76. The molecule has 1 aromatic heterocycles. The summed E-state index contributed by atoms with van der Waals surface area (Å²) < 4.78 is 4.97. The molecule has 1 heterocycles. The smallest absolute Gasteiger partial charge is 0.310 e. The van der Waals surface area contributed by atoms with Gasteiger partial charge in [0.05, 0.1) is 12.5 Å². The van der Waals surface area contributed by atoms with Crippen LogP contribution in [0.5, 0.6) is 0 Å². The van der Waals surface area contributed by atoms with Gasteiger partial charge in [0, 0.05) is 5.02 Å². The molecule has 2 aromatic rings. The predicted molar refractivity (Wildman–Crippen MR) is 87.0 cm³/mol. The van der Waals surface area contributed by atoms with Crippen LogP contribution < -0.4 is 5.32 Å². The minimum Gasteiger partial charge on any atom is -0.455 e. The molecule has 22 heavy (non-hydrogen) atoms. The Labute approximate surface area is 138 Å². The minimum absolute atomic E-state index is 0.181. The van der Waals surface area contributed by atoms with E-state index < -0.39 is 5.97 Å². The summed E-state index contributed by atoms with van der Waals surface area (Å²) in [6.07, 6.45) is 0.181. The Kier molecular flexibility index (Phi) is 5.98. The van der Waals surface area contributed by atoms with Gasteiger partial charge in [0.1, 0.15) is 0 Å². The number of hydrogen-bond acceptors (Lipinski definition) is 4. The molecule has 1 atom stereocenters. The highest BCUT2D eigenvalue weighted by molar-refractivity contribution is 7.07. The van der Waals surface area contributed by atoms with Crippen LogP contribution in [-0.2, 0) is 20.7 Å². The van der Waals surface area contributed by atoms with E-state index in [-0.39, 0.29) is 25.0 Å². The highest BCUT2D eigenvalue weighted by Crippen LogP contribution is 2.17. The molecule has 0 aliphatic rings. The normalized spacial score (nSPS) is 11.7. The summed E-state index contributed by atoms with van der Waals surface area (Å²) >= 11 is 7.43. The van der Waals surface area contributed by atoms with E-state index >= 15 is 0 Å². The number of ether oxygens (including phenoxy) is 1. The topological polar surface area (TPSA) is 55.4 Å². The molecule has 0 saturated carbocycles. The highest BCUT2D eigenvalue weighted by atomic mass is 35.5. The van der Waals surface area contributed by atoms with Crippen LogP contribution in [0, 0.1) is 0 Å². The van der Waals surface area contributed by atoms with Gasteiger partial charge >= 0.3 is 5.97 Å². The SMILES string of the molecule is C[C@H](NC(=O)COC(=O)Cc1ccsc1)c1cccc(Cl)c1. The van der Waals surface area contributed by atoms with Crippen molar-refractivity contribution in [3.8, 4) is 0 Å². The molecule has 4 nitrogen and oxygen atoms in total. The van der Waals surface area contributed by atoms with E-state index in [9.17, 15) is 9.59 Å². The van der Waals surface area contributed by atoms with Gasteiger partial charge in [-0.3, -0.25) is 9.59 Å². The minimum atomic E-state index is -0.413. The zero-order chi connectivity index (χ0) is 15.9. The molecule has 0 aliphatic carbocycles. The number of carbonyl (C=O) groups excluding carboxylic acids is 2. The molecular weight excluding hydrogens is 322 g/mol. The number of thiophene rings is 1. The first-order valence-electron chi connectivity index (χ1n) is 6.76. The Bertz CT molecular complexity index is 643. The van der Waals surface area contributed by atoms with E-state index in [0.29, 0.717) is 5.02 Å². The van der Waals surface area contributed by atoms with E-state index in [4.69, 9.17) is 16.3 Å². The van der Waals surface area contributed by atoms with Crippen LogP contribution in [0.1, 0.15) is 24.1 Å². The average molecular weight is 338 g/mol. The van der Waals surface area contributed by atoms with E-state index in [2.05, 4.69) is 5.32 Å². The molecule has 0 fully saturated rings. The van der Waals surface area contributed by atoms with Crippen LogP contribution >= 0.6 is 22.9 Å². The van der Waals surface area contributed by atoms with Crippen molar-refractivity contribution < 1.29 is 14.3 Å². The number of halogens is 1. The Morgan fingerprint density at radius 3 is 2.86 bits per heavy atom. The second-order valence-electron chi connectivity index (χ2n) is 4.81. The molecule has 116 valence electrons. The molecule has 1 N–H and O–H groups in total. The van der Waals surface area contributed by atoms with Crippen molar-refractivity contribution in [3.05, 3.63) is 57.2 Å². The fraction of sp³-hybridized carbons (Fsp3) is 0.250. The summed E-state index contributed by atoms with van der Waals surface area (Å²) in [5, 5.41) is 7.15. The summed E-state index contributed by atoms with van der Waals surface area (Å²) in [6.45, 7) is 1.56. The molecule has 0 aliphatic heterocycles. The first-order chi connectivity index (χ1) is 10.5. The van der Waals surface area contributed by atoms with Crippen LogP contribution in [-0.4, -0.2) is 18.5 Å². The van der Waals surface area contributed by atoms with Gasteiger partial charge in [0.2, 0.25) is 0 Å². The van der Waals surface area contributed by atoms with Crippen molar-refractivity contribution in [1.29, 1.82) is 0 Å². The van der Waals surface area contributed by atoms with E-state index in [1.54, 1.807) is 12.1 Å². The van der Waals surface area contributed by atoms with Crippen LogP contribution in [0.2, 0.25) is 5.02 Å². The molecule has 0 spiro atoms. The average Bonchev–Trinajstić information content (AvgIpc) is 2.98. The summed E-state index contributed by atoms with van der Waals surface area (Å²) in [6, 6.07) is 8.90. The van der Waals surface area contributed by atoms with Gasteiger partial charge in [-0.1, -0.05) is 23.7 Å². The van der Waals surface area contributed by atoms with Gasteiger partial charge in [-0.05, 0) is 47.0 Å². The van der Waals surface area contributed by atoms with Crippen molar-refractivity contribution in [1.82, 2.24) is 5.32 Å². The van der Waals surface area contributed by atoms with E-state index in [1.807, 2.05) is 35.9 Å². The summed E-state index contributed by atoms with van der Waals surface area (Å²) in [5.74, 6) is -0.755. The maximum absolute atomic E-state index is 11.8. The van der Waals surface area contributed by atoms with Crippen LogP contribution in [0.4, 0.5) is 0 Å². The molecular formula is C16H16ClNO3S. The number of hydrogen-bond donors (Lipinski definition) is 1. The van der Waals surface area contributed by atoms with Crippen molar-refractivity contribution >= 4 is 34.8 Å². The fourth-order valence-corrected chi connectivity index (χ4v) is 2.77. The Morgan fingerprint density at radius 2 is 2.18 bits per heavy atom. The molecule has 6 heteroatoms. The van der Waals surface area contributed by atoms with Gasteiger partial charge in [-0.25, -0.2) is 0 Å². The maximum atomic E-state index is 11.8. The van der Waals surface area contributed by atoms with Crippen molar-refractivity contribution in [2.24, 2.45) is 0 Å². The largest absolute Gasteiger partial charge is 0.455 e.